The summed E-state index contributed by atoms with van der Waals surface area (Å²) in [5, 5.41) is 14.3. The molecule has 0 radical (unpaired) electrons. The standard InChI is InChI=1S/C51H64N8O6/c1-35(53-2)48(62)57-47(40-16-10-5-11-17-40)51(65)59-33-43(52)30-44(59)34-58(29-27-37-14-8-4-9-15-37)46(61)32-56-50(64)42-24-20-39(21-25-42)38-18-22-41(23-19-38)49(63)55-31-45(60)54-28-26-36-12-6-3-7-13-36/h3-4,6-9,12-15,18-25,35,40,43-44,47,53H,5,10-11,16-17,26-34,52H2,1-2H3,(H,54,60)(H,55,63)(H,56,64)(H,57,62)/t35-,43-,44-,47-/m0/s1. The Hall–Kier alpha value is -6.38. The number of amides is 6. The lowest BCUT2D eigenvalue weighted by Crippen LogP contribution is -2.58. The van der Waals surface area contributed by atoms with E-state index in [1.807, 2.05) is 60.7 Å². The maximum absolute atomic E-state index is 14.5. The molecule has 2 fully saturated rings. The fourth-order valence-corrected chi connectivity index (χ4v) is 8.63. The first kappa shape index (κ1) is 48.1. The van der Waals surface area contributed by atoms with E-state index >= 15 is 0 Å². The third-order valence-corrected chi connectivity index (χ3v) is 12.6. The van der Waals surface area contributed by atoms with E-state index < -0.39 is 18.0 Å². The van der Waals surface area contributed by atoms with Crippen LogP contribution in [0.3, 0.4) is 0 Å². The van der Waals surface area contributed by atoms with Gasteiger partial charge in [-0.05, 0) is 98.5 Å². The summed E-state index contributed by atoms with van der Waals surface area (Å²) in [4.78, 5) is 83.5. The van der Waals surface area contributed by atoms with Crippen molar-refractivity contribution >= 4 is 35.4 Å². The van der Waals surface area contributed by atoms with Gasteiger partial charge in [0, 0.05) is 43.3 Å². The van der Waals surface area contributed by atoms with Gasteiger partial charge in [0.15, 0.2) is 0 Å². The first-order chi connectivity index (χ1) is 31.5. The van der Waals surface area contributed by atoms with Crippen LogP contribution >= 0.6 is 0 Å². The molecule has 1 saturated heterocycles. The van der Waals surface area contributed by atoms with Crippen molar-refractivity contribution < 1.29 is 28.8 Å². The van der Waals surface area contributed by atoms with Gasteiger partial charge >= 0.3 is 0 Å². The number of hydrogen-bond acceptors (Lipinski definition) is 8. The lowest BCUT2D eigenvalue weighted by molar-refractivity contribution is -0.141. The zero-order valence-electron chi connectivity index (χ0n) is 37.6. The average Bonchev–Trinajstić information content (AvgIpc) is 3.72. The largest absolute Gasteiger partial charge is 0.354 e. The molecule has 7 N–H and O–H groups in total. The Morgan fingerprint density at radius 3 is 1.83 bits per heavy atom. The Morgan fingerprint density at radius 1 is 0.708 bits per heavy atom. The third kappa shape index (κ3) is 14.1. The summed E-state index contributed by atoms with van der Waals surface area (Å²) in [6, 6.07) is 31.8. The van der Waals surface area contributed by atoms with Crippen molar-refractivity contribution in [2.45, 2.75) is 82.5 Å². The minimum Gasteiger partial charge on any atom is -0.354 e. The normalized spacial score (nSPS) is 17.1. The first-order valence-corrected chi connectivity index (χ1v) is 22.9. The summed E-state index contributed by atoms with van der Waals surface area (Å²) in [7, 11) is 1.71. The van der Waals surface area contributed by atoms with Crippen molar-refractivity contribution in [3.8, 4) is 11.1 Å². The maximum atomic E-state index is 14.5. The number of nitrogens with one attached hydrogen (secondary N) is 5. The van der Waals surface area contributed by atoms with E-state index in [4.69, 9.17) is 5.73 Å². The number of nitrogens with zero attached hydrogens (tertiary/aromatic N) is 2. The molecule has 0 bridgehead atoms. The molecule has 4 aromatic carbocycles. The predicted octanol–water partition coefficient (Wildman–Crippen LogP) is 3.84. The van der Waals surface area contributed by atoms with Gasteiger partial charge in [-0.15, -0.1) is 0 Å². The number of likely N-dealkylation sites (tertiary alicyclic amines) is 1. The van der Waals surface area contributed by atoms with E-state index in [1.165, 1.54) is 0 Å². The van der Waals surface area contributed by atoms with Crippen LogP contribution in [0.2, 0.25) is 0 Å². The number of hydrogen-bond donors (Lipinski definition) is 6. The summed E-state index contributed by atoms with van der Waals surface area (Å²) in [6.45, 7) is 2.79. The minimum absolute atomic E-state index is 0.0172. The van der Waals surface area contributed by atoms with Crippen LogP contribution in [-0.2, 0) is 32.0 Å². The molecular weight excluding hydrogens is 821 g/mol. The van der Waals surface area contributed by atoms with E-state index in [0.29, 0.717) is 50.0 Å². The second-order valence-corrected chi connectivity index (χ2v) is 17.2. The van der Waals surface area contributed by atoms with Gasteiger partial charge in [0.05, 0.1) is 25.2 Å². The van der Waals surface area contributed by atoms with Gasteiger partial charge in [-0.25, -0.2) is 0 Å². The highest BCUT2D eigenvalue weighted by Crippen LogP contribution is 2.30. The molecule has 344 valence electrons. The summed E-state index contributed by atoms with van der Waals surface area (Å²) < 4.78 is 0. The SMILES string of the molecule is CN[C@@H](C)C(=O)N[C@H](C(=O)N1C[C@@H](N)C[C@H]1CN(CCc1ccccc1)C(=O)CNC(=O)c1ccc(-c2ccc(C(=O)NCC(=O)NCCc3ccccc3)cc2)cc1)C1CCCCC1. The minimum atomic E-state index is -0.682. The molecule has 65 heavy (non-hydrogen) atoms. The van der Waals surface area contributed by atoms with Crippen LogP contribution in [0.1, 0.15) is 77.3 Å². The van der Waals surface area contributed by atoms with Gasteiger partial charge in [-0.3, -0.25) is 28.8 Å². The molecule has 2 aliphatic rings. The molecule has 0 unspecified atom stereocenters. The molecule has 0 aromatic heterocycles. The number of likely N-dealkylation sites (N-methyl/N-ethyl adjacent to an activating group) is 1. The zero-order chi connectivity index (χ0) is 46.1. The van der Waals surface area contributed by atoms with Crippen LogP contribution in [0.5, 0.6) is 0 Å². The summed E-state index contributed by atoms with van der Waals surface area (Å²) in [5.74, 6) is -1.70. The highest BCUT2D eigenvalue weighted by Gasteiger charge is 2.41. The highest BCUT2D eigenvalue weighted by atomic mass is 16.2. The lowest BCUT2D eigenvalue weighted by atomic mass is 9.83. The van der Waals surface area contributed by atoms with E-state index in [1.54, 1.807) is 72.3 Å². The Kier molecular flexibility index (Phi) is 17.8. The van der Waals surface area contributed by atoms with Crippen molar-refractivity contribution in [2.75, 3.05) is 46.3 Å². The fraction of sp³-hybridized carbons (Fsp3) is 0.412. The Labute approximate surface area is 382 Å². The van der Waals surface area contributed by atoms with Crippen molar-refractivity contribution in [1.29, 1.82) is 0 Å². The number of rotatable bonds is 20. The summed E-state index contributed by atoms with van der Waals surface area (Å²) in [6.07, 6.45) is 6.60. The molecule has 4 atom stereocenters. The number of carbonyl (C=O) groups is 6. The van der Waals surface area contributed by atoms with Gasteiger partial charge in [-0.2, -0.15) is 0 Å². The van der Waals surface area contributed by atoms with Crippen molar-refractivity contribution in [2.24, 2.45) is 11.7 Å². The molecule has 4 aromatic rings. The smallest absolute Gasteiger partial charge is 0.251 e. The van der Waals surface area contributed by atoms with Gasteiger partial charge in [0.25, 0.3) is 11.8 Å². The Bertz CT molecular complexity index is 2200. The summed E-state index contributed by atoms with van der Waals surface area (Å²) >= 11 is 0. The quantitative estimate of drug-likeness (QED) is 0.0771. The van der Waals surface area contributed by atoms with Gasteiger partial charge in [0.2, 0.25) is 23.6 Å². The van der Waals surface area contributed by atoms with Crippen LogP contribution in [0.4, 0.5) is 0 Å². The Morgan fingerprint density at radius 2 is 1.26 bits per heavy atom. The van der Waals surface area contributed by atoms with Crippen LogP contribution in [0, 0.1) is 5.92 Å². The lowest BCUT2D eigenvalue weighted by Gasteiger charge is -2.37. The van der Waals surface area contributed by atoms with Crippen molar-refractivity contribution in [1.82, 2.24) is 36.4 Å². The number of nitrogens with two attached hydrogens (primary N) is 1. The maximum Gasteiger partial charge on any atom is 0.251 e. The molecule has 14 heteroatoms. The summed E-state index contributed by atoms with van der Waals surface area (Å²) in [5.41, 5.74) is 11.1. The average molecular weight is 885 g/mol. The third-order valence-electron chi connectivity index (χ3n) is 12.6. The van der Waals surface area contributed by atoms with Crippen LogP contribution in [0.25, 0.3) is 11.1 Å². The van der Waals surface area contributed by atoms with E-state index in [-0.39, 0.29) is 67.2 Å². The zero-order valence-corrected chi connectivity index (χ0v) is 37.6. The van der Waals surface area contributed by atoms with E-state index in [2.05, 4.69) is 26.6 Å². The molecule has 6 rings (SSSR count). The van der Waals surface area contributed by atoms with Crippen molar-refractivity contribution in [3.63, 3.8) is 0 Å². The number of carbonyl (C=O) groups excluding carboxylic acids is 6. The van der Waals surface area contributed by atoms with E-state index in [0.717, 1.165) is 54.4 Å². The Balaban J connectivity index is 1.04. The predicted molar refractivity (Wildman–Crippen MR) is 252 cm³/mol. The first-order valence-electron chi connectivity index (χ1n) is 22.9. The van der Waals surface area contributed by atoms with Gasteiger partial charge in [0.1, 0.15) is 6.04 Å². The molecule has 1 saturated carbocycles. The van der Waals surface area contributed by atoms with Crippen LogP contribution in [-0.4, -0.2) is 116 Å². The molecule has 1 aliphatic carbocycles. The molecule has 1 heterocycles. The molecule has 14 nitrogen and oxygen atoms in total. The van der Waals surface area contributed by atoms with Crippen LogP contribution in [0.15, 0.2) is 109 Å². The van der Waals surface area contributed by atoms with E-state index in [9.17, 15) is 28.8 Å². The highest BCUT2D eigenvalue weighted by molar-refractivity contribution is 5.98. The molecular formula is C51H64N8O6. The van der Waals surface area contributed by atoms with Crippen LogP contribution < -0.4 is 32.3 Å². The molecule has 6 amide bonds. The second-order valence-electron chi connectivity index (χ2n) is 17.2. The van der Waals surface area contributed by atoms with Crippen molar-refractivity contribution in [3.05, 3.63) is 131 Å². The van der Waals surface area contributed by atoms with Gasteiger partial charge in [-0.1, -0.05) is 104 Å². The fourth-order valence-electron chi connectivity index (χ4n) is 8.63. The monoisotopic (exact) mass is 884 g/mol. The topological polar surface area (TPSA) is 195 Å². The molecule has 0 spiro atoms. The number of benzene rings is 4. The van der Waals surface area contributed by atoms with Gasteiger partial charge < -0.3 is 42.1 Å². The molecule has 1 aliphatic heterocycles. The second kappa shape index (κ2) is 24.1.